The number of nitrogens with two attached hydrogens (primary N) is 1. The molecule has 4 nitrogen and oxygen atoms in total. The first-order valence-corrected chi connectivity index (χ1v) is 7.70. The van der Waals surface area contributed by atoms with Crippen LogP contribution < -0.4 is 11.1 Å². The van der Waals surface area contributed by atoms with Gasteiger partial charge in [-0.2, -0.15) is 0 Å². The lowest BCUT2D eigenvalue weighted by molar-refractivity contribution is 0.333. The number of nitrogen functional groups attached to an aromatic ring is 1. The van der Waals surface area contributed by atoms with Gasteiger partial charge < -0.3 is 11.1 Å². The van der Waals surface area contributed by atoms with Crippen LogP contribution in [0.4, 0.5) is 11.4 Å². The first kappa shape index (κ1) is 12.2. The molecule has 1 aliphatic rings. The second kappa shape index (κ2) is 4.56. The zero-order valence-electron chi connectivity index (χ0n) is 9.94. The van der Waals surface area contributed by atoms with E-state index in [4.69, 9.17) is 5.73 Å². The summed E-state index contributed by atoms with van der Waals surface area (Å²) in [6.45, 7) is 0.872. The molecule has 1 aliphatic carbocycles. The molecular weight excluding hydrogens is 236 g/mol. The highest BCUT2D eigenvalue weighted by Gasteiger charge is 2.18. The molecule has 3 N–H and O–H groups in total. The van der Waals surface area contributed by atoms with Crippen molar-refractivity contribution in [2.75, 3.05) is 23.9 Å². The fourth-order valence-corrected chi connectivity index (χ4v) is 2.81. The Morgan fingerprint density at radius 2 is 2.12 bits per heavy atom. The molecule has 94 valence electrons. The van der Waals surface area contributed by atoms with Gasteiger partial charge in [-0.05, 0) is 30.9 Å². The average molecular weight is 254 g/mol. The van der Waals surface area contributed by atoms with Crippen LogP contribution in [0.1, 0.15) is 19.3 Å². The van der Waals surface area contributed by atoms with Crippen LogP contribution in [0.2, 0.25) is 0 Å². The molecule has 0 atom stereocenters. The van der Waals surface area contributed by atoms with Gasteiger partial charge in [0.25, 0.3) is 0 Å². The molecule has 5 heteroatoms. The van der Waals surface area contributed by atoms with Crippen LogP contribution >= 0.6 is 0 Å². The molecule has 1 saturated carbocycles. The Balaban J connectivity index is 2.17. The summed E-state index contributed by atoms with van der Waals surface area (Å²) in [5.41, 5.74) is 6.92. The lowest BCUT2D eigenvalue weighted by Crippen LogP contribution is -2.21. The van der Waals surface area contributed by atoms with Crippen molar-refractivity contribution in [1.29, 1.82) is 0 Å². The van der Waals surface area contributed by atoms with E-state index in [0.29, 0.717) is 11.6 Å². The predicted molar refractivity (Wildman–Crippen MR) is 69.8 cm³/mol. The first-order valence-electron chi connectivity index (χ1n) is 5.81. The third-order valence-corrected chi connectivity index (χ3v) is 4.43. The summed E-state index contributed by atoms with van der Waals surface area (Å²) in [5.74, 6) is 0.705. The quantitative estimate of drug-likeness (QED) is 0.805. The lowest BCUT2D eigenvalue weighted by atomic mass is 9.85. The van der Waals surface area contributed by atoms with Gasteiger partial charge in [-0.1, -0.05) is 12.5 Å². The van der Waals surface area contributed by atoms with E-state index in [9.17, 15) is 8.42 Å². The summed E-state index contributed by atoms with van der Waals surface area (Å²) < 4.78 is 23.0. The van der Waals surface area contributed by atoms with Gasteiger partial charge in [0.15, 0.2) is 9.84 Å². The monoisotopic (exact) mass is 254 g/mol. The Morgan fingerprint density at radius 1 is 1.41 bits per heavy atom. The second-order valence-corrected chi connectivity index (χ2v) is 6.65. The van der Waals surface area contributed by atoms with Gasteiger partial charge >= 0.3 is 0 Å². The van der Waals surface area contributed by atoms with Crippen molar-refractivity contribution in [2.24, 2.45) is 5.92 Å². The van der Waals surface area contributed by atoms with E-state index in [0.717, 1.165) is 12.2 Å². The standard InChI is InChI=1S/C12H18N2O2S/c1-17(15,16)11-7-3-6-10(12(11)13)14-8-9-4-2-5-9/h3,6-7,9,14H,2,4-5,8,13H2,1H3. The molecule has 1 aromatic carbocycles. The molecule has 0 spiro atoms. The Kier molecular flexibility index (Phi) is 3.28. The summed E-state index contributed by atoms with van der Waals surface area (Å²) in [5, 5.41) is 3.24. The summed E-state index contributed by atoms with van der Waals surface area (Å²) in [6, 6.07) is 5.08. The minimum atomic E-state index is -3.25. The second-order valence-electron chi connectivity index (χ2n) is 4.67. The largest absolute Gasteiger partial charge is 0.396 e. The molecule has 0 aromatic heterocycles. The van der Waals surface area contributed by atoms with Crippen molar-refractivity contribution in [3.05, 3.63) is 18.2 Å². The molecule has 2 rings (SSSR count). The Labute approximate surface area is 102 Å². The summed E-state index contributed by atoms with van der Waals surface area (Å²) in [6.07, 6.45) is 4.97. The summed E-state index contributed by atoms with van der Waals surface area (Å²) in [4.78, 5) is 0.205. The average Bonchev–Trinajstić information content (AvgIpc) is 2.16. The Hall–Kier alpha value is -1.23. The highest BCUT2D eigenvalue weighted by molar-refractivity contribution is 7.90. The molecule has 0 aliphatic heterocycles. The van der Waals surface area contributed by atoms with Crippen molar-refractivity contribution in [3.8, 4) is 0 Å². The number of hydrogen-bond donors (Lipinski definition) is 2. The number of nitrogens with one attached hydrogen (secondary N) is 1. The van der Waals surface area contributed by atoms with E-state index in [-0.39, 0.29) is 4.90 Å². The predicted octanol–water partition coefficient (Wildman–Crippen LogP) is 1.88. The van der Waals surface area contributed by atoms with Gasteiger partial charge in [0.1, 0.15) is 0 Å². The van der Waals surface area contributed by atoms with Crippen molar-refractivity contribution in [1.82, 2.24) is 0 Å². The number of anilines is 2. The van der Waals surface area contributed by atoms with Crippen molar-refractivity contribution < 1.29 is 8.42 Å². The van der Waals surface area contributed by atoms with Crippen LogP contribution in [0.5, 0.6) is 0 Å². The molecule has 1 fully saturated rings. The van der Waals surface area contributed by atoms with E-state index in [1.165, 1.54) is 25.5 Å². The molecule has 0 bridgehead atoms. The van der Waals surface area contributed by atoms with Gasteiger partial charge in [0.05, 0.1) is 16.3 Å². The molecule has 17 heavy (non-hydrogen) atoms. The smallest absolute Gasteiger partial charge is 0.177 e. The Bertz CT molecular complexity index is 507. The number of benzene rings is 1. The highest BCUT2D eigenvalue weighted by atomic mass is 32.2. The van der Waals surface area contributed by atoms with Crippen LogP contribution in [-0.2, 0) is 9.84 Å². The molecule has 0 saturated heterocycles. The van der Waals surface area contributed by atoms with Gasteiger partial charge in [-0.15, -0.1) is 0 Å². The van der Waals surface area contributed by atoms with Crippen LogP contribution in [0.3, 0.4) is 0 Å². The zero-order valence-corrected chi connectivity index (χ0v) is 10.8. The maximum Gasteiger partial charge on any atom is 0.177 e. The minimum absolute atomic E-state index is 0.205. The summed E-state index contributed by atoms with van der Waals surface area (Å²) in [7, 11) is -3.25. The number of sulfone groups is 1. The van der Waals surface area contributed by atoms with Crippen molar-refractivity contribution >= 4 is 21.2 Å². The van der Waals surface area contributed by atoms with E-state index in [1.54, 1.807) is 12.1 Å². The van der Waals surface area contributed by atoms with Gasteiger partial charge in [-0.25, -0.2) is 8.42 Å². The molecule has 0 amide bonds. The van der Waals surface area contributed by atoms with E-state index in [2.05, 4.69) is 5.32 Å². The van der Waals surface area contributed by atoms with E-state index < -0.39 is 9.84 Å². The highest BCUT2D eigenvalue weighted by Crippen LogP contribution is 2.30. The van der Waals surface area contributed by atoms with Crippen LogP contribution in [-0.4, -0.2) is 21.2 Å². The fourth-order valence-electron chi connectivity index (χ4n) is 1.97. The van der Waals surface area contributed by atoms with Crippen LogP contribution in [0.15, 0.2) is 23.1 Å². The van der Waals surface area contributed by atoms with Gasteiger partial charge in [0, 0.05) is 12.8 Å². The van der Waals surface area contributed by atoms with Gasteiger partial charge in [-0.3, -0.25) is 0 Å². The van der Waals surface area contributed by atoms with Gasteiger partial charge in [0.2, 0.25) is 0 Å². The summed E-state index contributed by atoms with van der Waals surface area (Å²) >= 11 is 0. The molecule has 0 unspecified atom stereocenters. The van der Waals surface area contributed by atoms with Crippen molar-refractivity contribution in [3.63, 3.8) is 0 Å². The maximum absolute atomic E-state index is 11.5. The third kappa shape index (κ3) is 2.72. The van der Waals surface area contributed by atoms with Crippen LogP contribution in [0.25, 0.3) is 0 Å². The van der Waals surface area contributed by atoms with Crippen LogP contribution in [0, 0.1) is 5.92 Å². The lowest BCUT2D eigenvalue weighted by Gasteiger charge is -2.26. The number of para-hydroxylation sites is 1. The zero-order chi connectivity index (χ0) is 12.5. The normalized spacial score (nSPS) is 16.5. The number of hydrogen-bond acceptors (Lipinski definition) is 4. The topological polar surface area (TPSA) is 72.2 Å². The SMILES string of the molecule is CS(=O)(=O)c1cccc(NCC2CCC2)c1N. The molecule has 0 radical (unpaired) electrons. The van der Waals surface area contributed by atoms with E-state index >= 15 is 0 Å². The maximum atomic E-state index is 11.5. The minimum Gasteiger partial charge on any atom is -0.396 e. The fraction of sp³-hybridized carbons (Fsp3) is 0.500. The Morgan fingerprint density at radius 3 is 2.65 bits per heavy atom. The van der Waals surface area contributed by atoms with E-state index in [1.807, 2.05) is 6.07 Å². The molecular formula is C12H18N2O2S. The molecule has 0 heterocycles. The third-order valence-electron chi connectivity index (χ3n) is 3.27. The number of rotatable bonds is 4. The first-order chi connectivity index (χ1) is 7.98. The van der Waals surface area contributed by atoms with Crippen molar-refractivity contribution in [2.45, 2.75) is 24.2 Å². The molecule has 1 aromatic rings.